The molecule has 2 aromatic carbocycles. The molecular weight excluding hydrogens is 339 g/mol. The quantitative estimate of drug-likeness (QED) is 0.597. The molecule has 2 nitrogen and oxygen atoms in total. The van der Waals surface area contributed by atoms with Crippen molar-refractivity contribution in [1.29, 1.82) is 0 Å². The van der Waals surface area contributed by atoms with Crippen LogP contribution >= 0.6 is 28.1 Å². The Labute approximate surface area is 129 Å². The van der Waals surface area contributed by atoms with Crippen LogP contribution in [0.4, 0.5) is 4.39 Å². The van der Waals surface area contributed by atoms with Crippen LogP contribution in [0.5, 0.6) is 0 Å². The van der Waals surface area contributed by atoms with Crippen LogP contribution in [0.3, 0.4) is 0 Å². The number of benzene rings is 2. The number of aromatic nitrogens is 2. The lowest BCUT2D eigenvalue weighted by atomic mass is 10.2. The van der Waals surface area contributed by atoms with Crippen molar-refractivity contribution in [3.63, 3.8) is 0 Å². The van der Waals surface area contributed by atoms with Gasteiger partial charge in [-0.15, -0.1) is 0 Å². The number of halogens is 2. The van der Waals surface area contributed by atoms with Gasteiger partial charge in [-0.05, 0) is 67.5 Å². The van der Waals surface area contributed by atoms with Gasteiger partial charge in [0.2, 0.25) is 0 Å². The summed E-state index contributed by atoms with van der Waals surface area (Å²) in [7, 11) is 0. The van der Waals surface area contributed by atoms with Crippen LogP contribution < -0.4 is 0 Å². The summed E-state index contributed by atoms with van der Waals surface area (Å²) in [5.74, 6) is -0.229. The fourth-order valence-corrected chi connectivity index (χ4v) is 2.82. The number of nitrogens with zero attached hydrogens (tertiary/aromatic N) is 1. The Hall–Kier alpha value is -1.46. The fraction of sp³-hybridized carbons (Fsp3) is 0.133. The monoisotopic (exact) mass is 350 g/mol. The van der Waals surface area contributed by atoms with Crippen molar-refractivity contribution < 1.29 is 4.39 Å². The van der Waals surface area contributed by atoms with Crippen LogP contribution in [0.25, 0.3) is 16.7 Å². The first-order chi connectivity index (χ1) is 9.47. The number of hydrogen-bond donors (Lipinski definition) is 1. The number of imidazole rings is 1. The van der Waals surface area contributed by atoms with E-state index >= 15 is 0 Å². The van der Waals surface area contributed by atoms with E-state index < -0.39 is 0 Å². The predicted octanol–water partition coefficient (Wildman–Crippen LogP) is 5.21. The summed E-state index contributed by atoms with van der Waals surface area (Å²) in [6, 6.07) is 9.32. The third-order valence-electron chi connectivity index (χ3n) is 3.36. The molecule has 5 heteroatoms. The van der Waals surface area contributed by atoms with E-state index in [0.29, 0.717) is 15.9 Å². The summed E-state index contributed by atoms with van der Waals surface area (Å²) in [5.41, 5.74) is 4.29. The minimum absolute atomic E-state index is 0.229. The van der Waals surface area contributed by atoms with Crippen LogP contribution in [0.2, 0.25) is 0 Å². The number of aromatic amines is 1. The van der Waals surface area contributed by atoms with Crippen LogP contribution in [0.15, 0.2) is 34.8 Å². The van der Waals surface area contributed by atoms with Gasteiger partial charge in [-0.1, -0.05) is 15.9 Å². The molecule has 3 aromatic rings. The SMILES string of the molecule is Cc1cc2c(cc1F)[nH]c(=S)n2-c1ccc(Br)c(C)c1. The number of H-pyrrole nitrogens is 1. The van der Waals surface area contributed by atoms with Gasteiger partial charge < -0.3 is 4.98 Å². The summed E-state index contributed by atoms with van der Waals surface area (Å²) in [6.07, 6.45) is 0. The Bertz CT molecular complexity index is 879. The molecule has 0 aliphatic rings. The molecule has 1 N–H and O–H groups in total. The highest BCUT2D eigenvalue weighted by molar-refractivity contribution is 9.10. The van der Waals surface area contributed by atoms with E-state index in [1.807, 2.05) is 35.8 Å². The van der Waals surface area contributed by atoms with Crippen LogP contribution in [-0.2, 0) is 0 Å². The van der Waals surface area contributed by atoms with E-state index in [2.05, 4.69) is 20.9 Å². The lowest BCUT2D eigenvalue weighted by molar-refractivity contribution is 0.620. The van der Waals surface area contributed by atoms with E-state index in [1.54, 1.807) is 6.92 Å². The zero-order valence-corrected chi connectivity index (χ0v) is 13.4. The molecule has 0 fully saturated rings. The molecule has 0 aliphatic heterocycles. The molecule has 0 amide bonds. The lowest BCUT2D eigenvalue weighted by Gasteiger charge is -2.07. The highest BCUT2D eigenvalue weighted by Crippen LogP contribution is 2.25. The summed E-state index contributed by atoms with van der Waals surface area (Å²) in [4.78, 5) is 3.05. The normalized spacial score (nSPS) is 11.2. The van der Waals surface area contributed by atoms with Gasteiger partial charge in [-0.2, -0.15) is 0 Å². The Morgan fingerprint density at radius 2 is 1.90 bits per heavy atom. The molecule has 0 unspecified atom stereocenters. The van der Waals surface area contributed by atoms with Gasteiger partial charge in [0, 0.05) is 10.2 Å². The van der Waals surface area contributed by atoms with Gasteiger partial charge in [-0.3, -0.25) is 4.57 Å². The highest BCUT2D eigenvalue weighted by Gasteiger charge is 2.10. The van der Waals surface area contributed by atoms with Crippen molar-refractivity contribution in [2.24, 2.45) is 0 Å². The molecule has 0 bridgehead atoms. The molecule has 0 radical (unpaired) electrons. The maximum atomic E-state index is 13.6. The van der Waals surface area contributed by atoms with E-state index in [0.717, 1.165) is 21.2 Å². The van der Waals surface area contributed by atoms with Gasteiger partial charge in [0.05, 0.1) is 11.0 Å². The molecular formula is C15H12BrFN2S. The third kappa shape index (κ3) is 2.11. The van der Waals surface area contributed by atoms with Crippen molar-refractivity contribution in [2.75, 3.05) is 0 Å². The second kappa shape index (κ2) is 4.82. The van der Waals surface area contributed by atoms with Crippen molar-refractivity contribution >= 4 is 39.2 Å². The van der Waals surface area contributed by atoms with Gasteiger partial charge in [0.15, 0.2) is 4.77 Å². The minimum Gasteiger partial charge on any atom is -0.330 e. The Morgan fingerprint density at radius 3 is 2.60 bits per heavy atom. The Kier molecular flexibility index (Phi) is 3.26. The number of nitrogens with one attached hydrogen (secondary N) is 1. The minimum atomic E-state index is -0.229. The summed E-state index contributed by atoms with van der Waals surface area (Å²) < 4.78 is 17.2. The van der Waals surface area contributed by atoms with Crippen molar-refractivity contribution in [1.82, 2.24) is 9.55 Å². The Balaban J connectivity index is 2.35. The first-order valence-corrected chi connectivity index (χ1v) is 7.35. The third-order valence-corrected chi connectivity index (χ3v) is 4.54. The van der Waals surface area contributed by atoms with Crippen LogP contribution in [0.1, 0.15) is 11.1 Å². The molecule has 1 heterocycles. The molecule has 20 heavy (non-hydrogen) atoms. The van der Waals surface area contributed by atoms with Crippen molar-refractivity contribution in [2.45, 2.75) is 13.8 Å². The molecule has 3 rings (SSSR count). The van der Waals surface area contributed by atoms with Gasteiger partial charge in [0.25, 0.3) is 0 Å². The standard InChI is InChI=1S/C15H12BrFN2S/c1-8-5-10(3-4-11(8)16)19-14-6-9(2)12(17)7-13(14)18-15(19)20/h3-7H,1-2H3,(H,18,20). The van der Waals surface area contributed by atoms with Crippen LogP contribution in [-0.4, -0.2) is 9.55 Å². The zero-order valence-electron chi connectivity index (χ0n) is 11.0. The smallest absolute Gasteiger partial charge is 0.182 e. The number of fused-ring (bicyclic) bond motifs is 1. The average Bonchev–Trinajstić information content (AvgIpc) is 2.69. The summed E-state index contributed by atoms with van der Waals surface area (Å²) in [6.45, 7) is 3.78. The predicted molar refractivity (Wildman–Crippen MR) is 85.6 cm³/mol. The second-order valence-corrected chi connectivity index (χ2v) is 6.06. The Morgan fingerprint density at radius 1 is 1.15 bits per heavy atom. The molecule has 0 saturated heterocycles. The van der Waals surface area contributed by atoms with Crippen molar-refractivity contribution in [3.05, 3.63) is 56.5 Å². The molecule has 1 aromatic heterocycles. The van der Waals surface area contributed by atoms with E-state index in [1.165, 1.54) is 6.07 Å². The second-order valence-electron chi connectivity index (χ2n) is 4.82. The van der Waals surface area contributed by atoms with Gasteiger partial charge in [-0.25, -0.2) is 4.39 Å². The van der Waals surface area contributed by atoms with Crippen LogP contribution in [0, 0.1) is 24.4 Å². The van der Waals surface area contributed by atoms with E-state index in [9.17, 15) is 4.39 Å². The van der Waals surface area contributed by atoms with Gasteiger partial charge in [0.1, 0.15) is 5.82 Å². The fourth-order valence-electron chi connectivity index (χ4n) is 2.26. The maximum absolute atomic E-state index is 13.6. The van der Waals surface area contributed by atoms with E-state index in [4.69, 9.17) is 12.2 Å². The number of rotatable bonds is 1. The molecule has 102 valence electrons. The lowest BCUT2D eigenvalue weighted by Crippen LogP contribution is -1.95. The largest absolute Gasteiger partial charge is 0.330 e. The zero-order chi connectivity index (χ0) is 14.4. The first-order valence-electron chi connectivity index (χ1n) is 6.15. The van der Waals surface area contributed by atoms with Gasteiger partial charge >= 0.3 is 0 Å². The molecule has 0 atom stereocenters. The first kappa shape index (κ1) is 13.5. The van der Waals surface area contributed by atoms with Crippen molar-refractivity contribution in [3.8, 4) is 5.69 Å². The highest BCUT2D eigenvalue weighted by atomic mass is 79.9. The maximum Gasteiger partial charge on any atom is 0.182 e. The molecule has 0 aliphatic carbocycles. The summed E-state index contributed by atoms with van der Waals surface area (Å²) in [5, 5.41) is 0. The number of aryl methyl sites for hydroxylation is 2. The number of hydrogen-bond acceptors (Lipinski definition) is 1. The molecule has 0 saturated carbocycles. The van der Waals surface area contributed by atoms with E-state index in [-0.39, 0.29) is 5.82 Å². The average molecular weight is 351 g/mol. The molecule has 0 spiro atoms. The summed E-state index contributed by atoms with van der Waals surface area (Å²) >= 11 is 8.86. The topological polar surface area (TPSA) is 20.7 Å².